The minimum absolute atomic E-state index is 0.133. The third kappa shape index (κ3) is 6.40. The SMILES string of the molecule is CCC(CC)(NC(=O)c1ccc(N2CC(OC)C2)c(OC[C@H]2C[C@@H]2COCc2ccccc2)n1)C(=O)O. The Morgan fingerprint density at radius 1 is 1.08 bits per heavy atom. The number of amides is 1. The van der Waals surface area contributed by atoms with E-state index in [0.717, 1.165) is 17.7 Å². The Hall–Kier alpha value is -3.17. The van der Waals surface area contributed by atoms with Crippen molar-refractivity contribution in [3.63, 3.8) is 0 Å². The number of nitrogens with one attached hydrogen (secondary N) is 1. The van der Waals surface area contributed by atoms with Crippen molar-refractivity contribution in [2.24, 2.45) is 11.8 Å². The molecule has 2 aromatic rings. The van der Waals surface area contributed by atoms with Crippen molar-refractivity contribution in [1.82, 2.24) is 10.3 Å². The fraction of sp³-hybridized carbons (Fsp3) is 0.536. The maximum atomic E-state index is 13.0. The van der Waals surface area contributed by atoms with Crippen molar-refractivity contribution in [3.8, 4) is 5.88 Å². The molecule has 9 nitrogen and oxygen atoms in total. The van der Waals surface area contributed by atoms with Crippen LogP contribution in [0.4, 0.5) is 5.69 Å². The molecule has 0 radical (unpaired) electrons. The van der Waals surface area contributed by atoms with Crippen LogP contribution in [0.1, 0.15) is 49.2 Å². The summed E-state index contributed by atoms with van der Waals surface area (Å²) in [7, 11) is 1.69. The predicted octanol–water partition coefficient (Wildman–Crippen LogP) is 3.52. The van der Waals surface area contributed by atoms with Gasteiger partial charge in [0.1, 0.15) is 16.9 Å². The maximum Gasteiger partial charge on any atom is 0.329 e. The molecule has 2 heterocycles. The van der Waals surface area contributed by atoms with Crippen LogP contribution >= 0.6 is 0 Å². The van der Waals surface area contributed by atoms with Gasteiger partial charge >= 0.3 is 5.97 Å². The topological polar surface area (TPSA) is 110 Å². The molecule has 200 valence electrons. The first-order valence-corrected chi connectivity index (χ1v) is 13.0. The molecule has 0 spiro atoms. The molecule has 1 saturated heterocycles. The lowest BCUT2D eigenvalue weighted by Gasteiger charge is -2.40. The van der Waals surface area contributed by atoms with E-state index in [1.807, 2.05) is 24.3 Å². The Morgan fingerprint density at radius 3 is 2.43 bits per heavy atom. The van der Waals surface area contributed by atoms with Crippen molar-refractivity contribution in [2.75, 3.05) is 38.3 Å². The number of hydrogen-bond donors (Lipinski definition) is 2. The number of pyridine rings is 1. The quantitative estimate of drug-likeness (QED) is 0.397. The van der Waals surface area contributed by atoms with Gasteiger partial charge in [0.2, 0.25) is 5.88 Å². The lowest BCUT2D eigenvalue weighted by atomic mass is 9.92. The second-order valence-electron chi connectivity index (χ2n) is 9.90. The largest absolute Gasteiger partial charge is 0.480 e. The summed E-state index contributed by atoms with van der Waals surface area (Å²) in [6.45, 7) is 6.67. The normalized spacial score (nSPS) is 19.3. The van der Waals surface area contributed by atoms with Crippen molar-refractivity contribution >= 4 is 17.6 Å². The van der Waals surface area contributed by atoms with Crippen LogP contribution < -0.4 is 15.0 Å². The standard InChI is InChI=1S/C28H37N3O6/c1-4-28(5-2,27(33)34)30-25(32)23-11-12-24(31-14-22(15-31)35-3)26(29-23)37-18-21-13-20(21)17-36-16-19-9-7-6-8-10-19/h6-12,20-22H,4-5,13-18H2,1-3H3,(H,30,32)(H,33,34)/t20-,21-/m1/s1. The zero-order chi connectivity index (χ0) is 26.4. The number of aliphatic carboxylic acids is 1. The van der Waals surface area contributed by atoms with Gasteiger partial charge < -0.3 is 29.5 Å². The highest BCUT2D eigenvalue weighted by molar-refractivity contribution is 5.96. The lowest BCUT2D eigenvalue weighted by Crippen LogP contribution is -2.54. The number of benzene rings is 1. The highest BCUT2D eigenvalue weighted by Crippen LogP contribution is 2.40. The van der Waals surface area contributed by atoms with Crippen LogP contribution in [0.5, 0.6) is 5.88 Å². The second-order valence-corrected chi connectivity index (χ2v) is 9.90. The van der Waals surface area contributed by atoms with Crippen molar-refractivity contribution in [2.45, 2.75) is 51.4 Å². The van der Waals surface area contributed by atoms with Crippen LogP contribution in [0.3, 0.4) is 0 Å². The number of nitrogens with zero attached hydrogens (tertiary/aromatic N) is 2. The molecule has 2 atom stereocenters. The van der Waals surface area contributed by atoms with Gasteiger partial charge in [0.05, 0.1) is 25.9 Å². The summed E-state index contributed by atoms with van der Waals surface area (Å²) < 4.78 is 17.4. The average Bonchev–Trinajstić information content (AvgIpc) is 3.64. The first-order valence-electron chi connectivity index (χ1n) is 13.0. The van der Waals surface area contributed by atoms with Crippen molar-refractivity contribution in [3.05, 3.63) is 53.7 Å². The smallest absolute Gasteiger partial charge is 0.329 e. The number of carbonyl (C=O) groups is 2. The number of carbonyl (C=O) groups excluding carboxylic acids is 1. The van der Waals surface area contributed by atoms with Gasteiger partial charge in [-0.1, -0.05) is 44.2 Å². The number of methoxy groups -OCH3 is 1. The summed E-state index contributed by atoms with van der Waals surface area (Å²) in [5.74, 6) is -0.400. The Bertz CT molecular complexity index is 1070. The van der Waals surface area contributed by atoms with E-state index in [1.54, 1.807) is 27.0 Å². The Morgan fingerprint density at radius 2 is 1.78 bits per heavy atom. The van der Waals surface area contributed by atoms with Gasteiger partial charge in [-0.3, -0.25) is 4.79 Å². The number of ether oxygens (including phenoxy) is 3. The molecule has 1 amide bonds. The number of anilines is 1. The summed E-state index contributed by atoms with van der Waals surface area (Å²) in [6, 6.07) is 13.5. The van der Waals surface area contributed by atoms with Crippen molar-refractivity contribution < 1.29 is 28.9 Å². The Kier molecular flexibility index (Phi) is 8.66. The van der Waals surface area contributed by atoms with Crippen molar-refractivity contribution in [1.29, 1.82) is 0 Å². The molecule has 2 aliphatic rings. The summed E-state index contributed by atoms with van der Waals surface area (Å²) in [5.41, 5.74) is 0.760. The van der Waals surface area contributed by atoms with E-state index in [9.17, 15) is 14.7 Å². The van der Waals surface area contributed by atoms with Gasteiger partial charge in [-0.05, 0) is 48.8 Å². The zero-order valence-corrected chi connectivity index (χ0v) is 21.8. The number of aromatic nitrogens is 1. The van der Waals surface area contributed by atoms with Gasteiger partial charge in [0.15, 0.2) is 0 Å². The van der Waals surface area contributed by atoms with E-state index < -0.39 is 17.4 Å². The summed E-state index contributed by atoms with van der Waals surface area (Å²) in [6.07, 6.45) is 1.71. The highest BCUT2D eigenvalue weighted by Gasteiger charge is 2.39. The molecule has 1 aliphatic carbocycles. The van der Waals surface area contributed by atoms with E-state index in [1.165, 1.54) is 0 Å². The first-order chi connectivity index (χ1) is 17.9. The molecule has 1 saturated carbocycles. The van der Waals surface area contributed by atoms with E-state index in [0.29, 0.717) is 50.6 Å². The second kappa shape index (κ2) is 11.9. The molecule has 1 aliphatic heterocycles. The van der Waals surface area contributed by atoms with Crippen LogP contribution in [0, 0.1) is 11.8 Å². The maximum absolute atomic E-state index is 13.0. The monoisotopic (exact) mass is 511 g/mol. The molecular weight excluding hydrogens is 474 g/mol. The molecule has 1 aromatic heterocycles. The summed E-state index contributed by atoms with van der Waals surface area (Å²) in [4.78, 5) is 31.5. The molecular formula is C28H37N3O6. The Labute approximate surface area is 218 Å². The molecule has 37 heavy (non-hydrogen) atoms. The van der Waals surface area contributed by atoms with Gasteiger partial charge in [-0.2, -0.15) is 0 Å². The van der Waals surface area contributed by atoms with E-state index in [2.05, 4.69) is 27.3 Å². The number of hydrogen-bond acceptors (Lipinski definition) is 7. The van der Waals surface area contributed by atoms with Gasteiger partial charge in [0, 0.05) is 20.2 Å². The number of carboxylic acids is 1. The van der Waals surface area contributed by atoms with Crippen LogP contribution in [0.15, 0.2) is 42.5 Å². The molecule has 1 aromatic carbocycles. The summed E-state index contributed by atoms with van der Waals surface area (Å²) in [5, 5.41) is 12.4. The zero-order valence-electron chi connectivity index (χ0n) is 21.8. The van der Waals surface area contributed by atoms with Crippen LogP contribution in [0.25, 0.3) is 0 Å². The van der Waals surface area contributed by atoms with Crippen LogP contribution in [0.2, 0.25) is 0 Å². The predicted molar refractivity (Wildman–Crippen MR) is 139 cm³/mol. The van der Waals surface area contributed by atoms with Gasteiger partial charge in [-0.15, -0.1) is 0 Å². The third-order valence-electron chi connectivity index (χ3n) is 7.51. The molecule has 9 heteroatoms. The lowest BCUT2D eigenvalue weighted by molar-refractivity contribution is -0.144. The van der Waals surface area contributed by atoms with Gasteiger partial charge in [-0.25, -0.2) is 9.78 Å². The molecule has 2 fully saturated rings. The van der Waals surface area contributed by atoms with E-state index in [4.69, 9.17) is 14.2 Å². The number of rotatable bonds is 14. The molecule has 2 N–H and O–H groups in total. The first kappa shape index (κ1) is 26.9. The minimum Gasteiger partial charge on any atom is -0.480 e. The fourth-order valence-electron chi connectivity index (χ4n) is 4.56. The van der Waals surface area contributed by atoms with E-state index >= 15 is 0 Å². The van der Waals surface area contributed by atoms with E-state index in [-0.39, 0.29) is 24.6 Å². The summed E-state index contributed by atoms with van der Waals surface area (Å²) >= 11 is 0. The minimum atomic E-state index is -1.33. The Balaban J connectivity index is 1.39. The fourth-order valence-corrected chi connectivity index (χ4v) is 4.56. The van der Waals surface area contributed by atoms with Gasteiger partial charge in [0.25, 0.3) is 5.91 Å². The third-order valence-corrected chi connectivity index (χ3v) is 7.51. The molecule has 0 unspecified atom stereocenters. The number of carboxylic acid groups (broad SMARTS) is 1. The molecule has 0 bridgehead atoms. The molecule has 4 rings (SSSR count). The average molecular weight is 512 g/mol. The highest BCUT2D eigenvalue weighted by atomic mass is 16.5. The van der Waals surface area contributed by atoms with Crippen LogP contribution in [-0.4, -0.2) is 67.0 Å². The van der Waals surface area contributed by atoms with Crippen LogP contribution in [-0.2, 0) is 20.9 Å².